The van der Waals surface area contributed by atoms with Crippen LogP contribution in [0.1, 0.15) is 45.8 Å². The lowest BCUT2D eigenvalue weighted by Crippen LogP contribution is -2.03. The second kappa shape index (κ2) is 4.92. The molecule has 118 valence electrons. The molecule has 23 heavy (non-hydrogen) atoms. The molecule has 0 fully saturated rings. The Morgan fingerprint density at radius 1 is 0.870 bits per heavy atom. The van der Waals surface area contributed by atoms with Crippen molar-refractivity contribution in [3.05, 3.63) is 51.5 Å². The van der Waals surface area contributed by atoms with Crippen LogP contribution in [-0.2, 0) is 12.8 Å². The van der Waals surface area contributed by atoms with Crippen LogP contribution in [0.25, 0.3) is 16.8 Å². The molecule has 0 saturated heterocycles. The summed E-state index contributed by atoms with van der Waals surface area (Å²) in [5.74, 6) is 0. The number of benzene rings is 1. The molecule has 1 aliphatic carbocycles. The fourth-order valence-electron chi connectivity index (χ4n) is 4.25. The summed E-state index contributed by atoms with van der Waals surface area (Å²) in [5.41, 5.74) is 12.5. The molecule has 1 aliphatic rings. The third kappa shape index (κ3) is 2.03. The van der Waals surface area contributed by atoms with Gasteiger partial charge in [-0.15, -0.1) is 0 Å². The van der Waals surface area contributed by atoms with Crippen molar-refractivity contribution in [3.8, 4) is 11.1 Å². The molecule has 3 nitrogen and oxygen atoms in total. The molecule has 0 unspecified atom stereocenters. The van der Waals surface area contributed by atoms with Crippen LogP contribution in [0.4, 0.5) is 0 Å². The highest BCUT2D eigenvalue weighted by Gasteiger charge is 2.23. The maximum atomic E-state index is 4.95. The Balaban J connectivity index is 2.10. The van der Waals surface area contributed by atoms with Crippen molar-refractivity contribution in [3.63, 3.8) is 0 Å². The minimum atomic E-state index is 1.02. The van der Waals surface area contributed by atoms with Crippen LogP contribution in [0.5, 0.6) is 0 Å². The molecule has 0 atom stereocenters. The quantitative estimate of drug-likeness (QED) is 0.666. The van der Waals surface area contributed by atoms with Crippen molar-refractivity contribution in [1.82, 2.24) is 14.6 Å². The fourth-order valence-corrected chi connectivity index (χ4v) is 4.25. The van der Waals surface area contributed by atoms with Crippen LogP contribution in [-0.4, -0.2) is 14.6 Å². The van der Waals surface area contributed by atoms with E-state index in [4.69, 9.17) is 10.1 Å². The van der Waals surface area contributed by atoms with Crippen molar-refractivity contribution >= 4 is 5.65 Å². The van der Waals surface area contributed by atoms with Crippen molar-refractivity contribution < 1.29 is 0 Å². The number of hydrogen-bond donors (Lipinski definition) is 0. The molecule has 0 saturated carbocycles. The van der Waals surface area contributed by atoms with Crippen molar-refractivity contribution in [2.75, 3.05) is 0 Å². The van der Waals surface area contributed by atoms with E-state index >= 15 is 0 Å². The van der Waals surface area contributed by atoms with Gasteiger partial charge in [0.05, 0.1) is 11.3 Å². The Morgan fingerprint density at radius 2 is 1.57 bits per heavy atom. The molecular weight excluding hydrogens is 282 g/mol. The maximum Gasteiger partial charge on any atom is 0.163 e. The standard InChI is InChI=1S/C20H23N3/c1-11-9-12(2)18(13(3)10-11)19-15(5)22-23-17-8-6-7-16(17)14(4)21-20(19)23/h9-10H,6-8H2,1-5H3. The van der Waals surface area contributed by atoms with Crippen molar-refractivity contribution in [1.29, 1.82) is 0 Å². The molecule has 4 rings (SSSR count). The molecule has 0 amide bonds. The molecule has 2 aromatic heterocycles. The summed E-state index contributed by atoms with van der Waals surface area (Å²) in [6.07, 6.45) is 3.47. The lowest BCUT2D eigenvalue weighted by atomic mass is 9.94. The van der Waals surface area contributed by atoms with Gasteiger partial charge >= 0.3 is 0 Å². The van der Waals surface area contributed by atoms with E-state index in [1.54, 1.807) is 0 Å². The van der Waals surface area contributed by atoms with E-state index in [0.29, 0.717) is 0 Å². The summed E-state index contributed by atoms with van der Waals surface area (Å²) in [6.45, 7) is 10.8. The first-order valence-electron chi connectivity index (χ1n) is 8.43. The predicted molar refractivity (Wildman–Crippen MR) is 94.1 cm³/mol. The first kappa shape index (κ1) is 14.4. The summed E-state index contributed by atoms with van der Waals surface area (Å²) < 4.78 is 2.11. The van der Waals surface area contributed by atoms with Gasteiger partial charge in [0.1, 0.15) is 0 Å². The summed E-state index contributed by atoms with van der Waals surface area (Å²) in [4.78, 5) is 4.95. The first-order chi connectivity index (χ1) is 11.0. The molecule has 3 heteroatoms. The van der Waals surface area contributed by atoms with Crippen LogP contribution in [0.3, 0.4) is 0 Å². The largest absolute Gasteiger partial charge is 0.233 e. The topological polar surface area (TPSA) is 30.2 Å². The van der Waals surface area contributed by atoms with Crippen LogP contribution >= 0.6 is 0 Å². The maximum absolute atomic E-state index is 4.95. The molecule has 0 bridgehead atoms. The van der Waals surface area contributed by atoms with Crippen molar-refractivity contribution in [2.24, 2.45) is 0 Å². The lowest BCUT2D eigenvalue weighted by Gasteiger charge is -2.12. The fraction of sp³-hybridized carbons (Fsp3) is 0.400. The number of aromatic nitrogens is 3. The highest BCUT2D eigenvalue weighted by molar-refractivity contribution is 5.84. The second-order valence-corrected chi connectivity index (χ2v) is 6.95. The van der Waals surface area contributed by atoms with E-state index in [2.05, 4.69) is 51.3 Å². The van der Waals surface area contributed by atoms with Gasteiger partial charge in [-0.3, -0.25) is 0 Å². The van der Waals surface area contributed by atoms with E-state index in [0.717, 1.165) is 24.2 Å². The third-order valence-electron chi connectivity index (χ3n) is 5.12. The van der Waals surface area contributed by atoms with E-state index in [1.165, 1.54) is 51.2 Å². The Hall–Kier alpha value is -2.16. The van der Waals surface area contributed by atoms with Gasteiger partial charge in [-0.05, 0) is 76.1 Å². The highest BCUT2D eigenvalue weighted by Crippen LogP contribution is 2.35. The Kier molecular flexibility index (Phi) is 3.09. The SMILES string of the molecule is Cc1cc(C)c(-c2c(C)nn3c4c(c(C)nc23)CCC4)c(C)c1. The van der Waals surface area contributed by atoms with Gasteiger partial charge in [0.2, 0.25) is 0 Å². The average molecular weight is 305 g/mol. The normalized spacial score (nSPS) is 13.8. The highest BCUT2D eigenvalue weighted by atomic mass is 15.3. The molecular formula is C20H23N3. The van der Waals surface area contributed by atoms with Gasteiger partial charge in [0.25, 0.3) is 0 Å². The summed E-state index contributed by atoms with van der Waals surface area (Å²) >= 11 is 0. The number of rotatable bonds is 1. The van der Waals surface area contributed by atoms with Gasteiger partial charge in [0, 0.05) is 11.4 Å². The molecule has 1 aromatic carbocycles. The van der Waals surface area contributed by atoms with Gasteiger partial charge in [-0.25, -0.2) is 9.50 Å². The summed E-state index contributed by atoms with van der Waals surface area (Å²) in [7, 11) is 0. The Bertz CT molecular complexity index is 924. The smallest absolute Gasteiger partial charge is 0.163 e. The zero-order valence-electron chi connectivity index (χ0n) is 14.6. The van der Waals surface area contributed by atoms with E-state index in [9.17, 15) is 0 Å². The number of nitrogens with zero attached hydrogens (tertiary/aromatic N) is 3. The Morgan fingerprint density at radius 3 is 2.26 bits per heavy atom. The number of aryl methyl sites for hydroxylation is 6. The molecule has 0 aliphatic heterocycles. The van der Waals surface area contributed by atoms with Crippen molar-refractivity contribution in [2.45, 2.75) is 53.9 Å². The van der Waals surface area contributed by atoms with E-state index in [1.807, 2.05) is 0 Å². The molecule has 0 radical (unpaired) electrons. The number of hydrogen-bond acceptors (Lipinski definition) is 2. The zero-order valence-corrected chi connectivity index (χ0v) is 14.6. The van der Waals surface area contributed by atoms with E-state index in [-0.39, 0.29) is 0 Å². The predicted octanol–water partition coefficient (Wildman–Crippen LogP) is 4.43. The summed E-state index contributed by atoms with van der Waals surface area (Å²) in [5, 5.41) is 4.86. The second-order valence-electron chi connectivity index (χ2n) is 6.95. The monoisotopic (exact) mass is 305 g/mol. The molecule has 2 heterocycles. The first-order valence-corrected chi connectivity index (χ1v) is 8.43. The minimum absolute atomic E-state index is 1.02. The summed E-state index contributed by atoms with van der Waals surface area (Å²) in [6, 6.07) is 4.51. The number of fused-ring (bicyclic) bond motifs is 3. The average Bonchev–Trinajstić information content (AvgIpc) is 3.05. The lowest BCUT2D eigenvalue weighted by molar-refractivity contribution is 0.825. The van der Waals surface area contributed by atoms with Gasteiger partial charge in [-0.1, -0.05) is 17.7 Å². The minimum Gasteiger partial charge on any atom is -0.233 e. The molecule has 0 N–H and O–H groups in total. The van der Waals surface area contributed by atoms with Crippen LogP contribution in [0, 0.1) is 34.6 Å². The van der Waals surface area contributed by atoms with Gasteiger partial charge in [-0.2, -0.15) is 5.10 Å². The third-order valence-corrected chi connectivity index (χ3v) is 5.12. The molecule has 0 spiro atoms. The Labute approximate surface area is 137 Å². The van der Waals surface area contributed by atoms with Crippen LogP contribution in [0.15, 0.2) is 12.1 Å². The zero-order chi connectivity index (χ0) is 16.3. The van der Waals surface area contributed by atoms with Crippen LogP contribution < -0.4 is 0 Å². The molecule has 3 aromatic rings. The van der Waals surface area contributed by atoms with Gasteiger partial charge in [0.15, 0.2) is 5.65 Å². The van der Waals surface area contributed by atoms with Crippen LogP contribution in [0.2, 0.25) is 0 Å². The van der Waals surface area contributed by atoms with Gasteiger partial charge < -0.3 is 0 Å². The van der Waals surface area contributed by atoms with E-state index < -0.39 is 0 Å².